The van der Waals surface area contributed by atoms with Crippen molar-refractivity contribution in [2.24, 2.45) is 0 Å². The lowest BCUT2D eigenvalue weighted by Crippen LogP contribution is -2.46. The van der Waals surface area contributed by atoms with E-state index in [0.29, 0.717) is 6.54 Å². The van der Waals surface area contributed by atoms with Gasteiger partial charge in [0.1, 0.15) is 5.01 Å². The van der Waals surface area contributed by atoms with Crippen LogP contribution in [0.4, 0.5) is 0 Å². The fourth-order valence-corrected chi connectivity index (χ4v) is 2.94. The Balaban J connectivity index is 1.94. The number of rotatable bonds is 4. The predicted octanol–water partition coefficient (Wildman–Crippen LogP) is 2.27. The van der Waals surface area contributed by atoms with Gasteiger partial charge < -0.3 is 10.4 Å². The zero-order valence-corrected chi connectivity index (χ0v) is 10.8. The number of hydrogen-bond acceptors (Lipinski definition) is 4. The van der Waals surface area contributed by atoms with Gasteiger partial charge in [0.2, 0.25) is 0 Å². The van der Waals surface area contributed by atoms with E-state index >= 15 is 0 Å². The van der Waals surface area contributed by atoms with Gasteiger partial charge in [-0.15, -0.1) is 11.3 Å². The van der Waals surface area contributed by atoms with Crippen molar-refractivity contribution in [3.8, 4) is 0 Å². The third-order valence-corrected chi connectivity index (χ3v) is 4.46. The van der Waals surface area contributed by atoms with Gasteiger partial charge >= 0.3 is 0 Å². The zero-order valence-electron chi connectivity index (χ0n) is 9.99. The second-order valence-corrected chi connectivity index (χ2v) is 6.14. The van der Waals surface area contributed by atoms with E-state index in [9.17, 15) is 5.11 Å². The van der Waals surface area contributed by atoms with Crippen molar-refractivity contribution in [1.82, 2.24) is 10.3 Å². The number of hydrogen-bond donors (Lipinski definition) is 2. The molecule has 1 heterocycles. The summed E-state index contributed by atoms with van der Waals surface area (Å²) in [6.07, 6.45) is 5.97. The third-order valence-electron chi connectivity index (χ3n) is 3.36. The van der Waals surface area contributed by atoms with Gasteiger partial charge in [-0.1, -0.05) is 12.8 Å². The Hall–Kier alpha value is -0.450. The van der Waals surface area contributed by atoms with Crippen LogP contribution >= 0.6 is 11.3 Å². The first-order valence-electron chi connectivity index (χ1n) is 5.89. The average molecular weight is 240 g/mol. The van der Waals surface area contributed by atoms with Crippen LogP contribution in [-0.4, -0.2) is 22.2 Å². The fraction of sp³-hybridized carbons (Fsp3) is 0.750. The topological polar surface area (TPSA) is 45.1 Å². The minimum atomic E-state index is -0.492. The molecule has 90 valence electrons. The van der Waals surface area contributed by atoms with Crippen molar-refractivity contribution in [3.63, 3.8) is 0 Å². The summed E-state index contributed by atoms with van der Waals surface area (Å²) in [6.45, 7) is 4.90. The Morgan fingerprint density at radius 2 is 2.19 bits per heavy atom. The highest BCUT2D eigenvalue weighted by Crippen LogP contribution is 2.30. The first-order chi connectivity index (χ1) is 7.52. The van der Waals surface area contributed by atoms with Gasteiger partial charge in [-0.2, -0.15) is 0 Å². The highest BCUT2D eigenvalue weighted by molar-refractivity contribution is 7.09. The number of aliphatic hydroxyl groups is 1. The van der Waals surface area contributed by atoms with Crippen molar-refractivity contribution in [2.45, 2.75) is 50.7 Å². The molecule has 4 heteroatoms. The monoisotopic (exact) mass is 240 g/mol. The van der Waals surface area contributed by atoms with Crippen LogP contribution in [-0.2, 0) is 5.54 Å². The molecule has 1 aromatic rings. The summed E-state index contributed by atoms with van der Waals surface area (Å²) >= 11 is 1.66. The maximum Gasteiger partial charge on any atom is 0.112 e. The smallest absolute Gasteiger partial charge is 0.112 e. The van der Waals surface area contributed by atoms with E-state index < -0.39 is 5.60 Å². The van der Waals surface area contributed by atoms with Crippen LogP contribution in [0.2, 0.25) is 0 Å². The Morgan fingerprint density at radius 3 is 2.75 bits per heavy atom. The molecule has 1 fully saturated rings. The van der Waals surface area contributed by atoms with Gasteiger partial charge in [0.15, 0.2) is 0 Å². The molecule has 1 aliphatic rings. The SMILES string of the molecule is CC(C)(NCC1(O)CCCC1)c1nccs1. The number of nitrogens with one attached hydrogen (secondary N) is 1. The van der Waals surface area contributed by atoms with Gasteiger partial charge in [0.05, 0.1) is 11.1 Å². The van der Waals surface area contributed by atoms with Crippen LogP contribution < -0.4 is 5.32 Å². The molecule has 0 unspecified atom stereocenters. The predicted molar refractivity (Wildman–Crippen MR) is 66.6 cm³/mol. The zero-order chi connectivity index (χ0) is 11.6. The van der Waals surface area contributed by atoms with Gasteiger partial charge in [-0.3, -0.25) is 0 Å². The van der Waals surface area contributed by atoms with Crippen molar-refractivity contribution >= 4 is 11.3 Å². The van der Waals surface area contributed by atoms with Crippen molar-refractivity contribution < 1.29 is 5.11 Å². The quantitative estimate of drug-likeness (QED) is 0.848. The number of nitrogens with zero attached hydrogens (tertiary/aromatic N) is 1. The first kappa shape index (κ1) is 12.0. The molecule has 2 rings (SSSR count). The average Bonchev–Trinajstić information content (AvgIpc) is 2.86. The van der Waals surface area contributed by atoms with E-state index in [4.69, 9.17) is 0 Å². The summed E-state index contributed by atoms with van der Waals surface area (Å²) in [4.78, 5) is 4.33. The third kappa shape index (κ3) is 2.62. The summed E-state index contributed by atoms with van der Waals surface area (Å²) in [5.41, 5.74) is -0.638. The lowest BCUT2D eigenvalue weighted by molar-refractivity contribution is 0.0402. The molecule has 0 aliphatic heterocycles. The van der Waals surface area contributed by atoms with E-state index in [0.717, 1.165) is 30.7 Å². The van der Waals surface area contributed by atoms with Crippen LogP contribution in [0.5, 0.6) is 0 Å². The molecule has 0 aromatic carbocycles. The van der Waals surface area contributed by atoms with Crippen LogP contribution in [0.15, 0.2) is 11.6 Å². The standard InChI is InChI=1S/C12H20N2OS/c1-11(2,10-13-7-8-16-10)14-9-12(15)5-3-4-6-12/h7-8,14-15H,3-6,9H2,1-2H3. The van der Waals surface area contributed by atoms with E-state index in [-0.39, 0.29) is 5.54 Å². The molecule has 0 spiro atoms. The first-order valence-corrected chi connectivity index (χ1v) is 6.77. The van der Waals surface area contributed by atoms with E-state index in [1.165, 1.54) is 0 Å². The molecule has 16 heavy (non-hydrogen) atoms. The van der Waals surface area contributed by atoms with Crippen LogP contribution in [0.3, 0.4) is 0 Å². The minimum Gasteiger partial charge on any atom is -0.389 e. The molecule has 1 aromatic heterocycles. The van der Waals surface area contributed by atoms with Crippen molar-refractivity contribution in [2.75, 3.05) is 6.54 Å². The summed E-state index contributed by atoms with van der Waals surface area (Å²) in [5, 5.41) is 16.8. The molecule has 0 bridgehead atoms. The van der Waals surface area contributed by atoms with Gasteiger partial charge in [-0.05, 0) is 26.7 Å². The summed E-state index contributed by atoms with van der Waals surface area (Å²) in [7, 11) is 0. The normalized spacial score (nSPS) is 20.2. The summed E-state index contributed by atoms with van der Waals surface area (Å²) in [6, 6.07) is 0. The molecule has 0 amide bonds. The molecule has 0 saturated heterocycles. The lowest BCUT2D eigenvalue weighted by Gasteiger charge is -2.30. The van der Waals surface area contributed by atoms with Crippen molar-refractivity contribution in [3.05, 3.63) is 16.6 Å². The fourth-order valence-electron chi connectivity index (χ4n) is 2.20. The summed E-state index contributed by atoms with van der Waals surface area (Å²) in [5.74, 6) is 0. The second kappa shape index (κ2) is 4.43. The van der Waals surface area contributed by atoms with Gasteiger partial charge in [0, 0.05) is 18.1 Å². The maximum atomic E-state index is 10.3. The molecular weight excluding hydrogens is 220 g/mol. The molecular formula is C12H20N2OS. The molecule has 1 aliphatic carbocycles. The molecule has 1 saturated carbocycles. The Labute approximate surface area is 101 Å². The number of aromatic nitrogens is 1. The van der Waals surface area contributed by atoms with E-state index in [1.807, 2.05) is 11.6 Å². The Morgan fingerprint density at radius 1 is 1.50 bits per heavy atom. The Kier molecular flexibility index (Phi) is 3.33. The largest absolute Gasteiger partial charge is 0.389 e. The van der Waals surface area contributed by atoms with Crippen LogP contribution in [0.25, 0.3) is 0 Å². The van der Waals surface area contributed by atoms with Crippen LogP contribution in [0, 0.1) is 0 Å². The maximum absolute atomic E-state index is 10.3. The molecule has 0 atom stereocenters. The van der Waals surface area contributed by atoms with E-state index in [2.05, 4.69) is 24.1 Å². The molecule has 3 nitrogen and oxygen atoms in total. The minimum absolute atomic E-state index is 0.146. The van der Waals surface area contributed by atoms with Crippen molar-refractivity contribution in [1.29, 1.82) is 0 Å². The Bertz CT molecular complexity index is 329. The highest BCUT2D eigenvalue weighted by atomic mass is 32.1. The second-order valence-electron chi connectivity index (χ2n) is 5.25. The van der Waals surface area contributed by atoms with E-state index in [1.54, 1.807) is 11.3 Å². The van der Waals surface area contributed by atoms with Crippen LogP contribution in [0.1, 0.15) is 44.5 Å². The molecule has 0 radical (unpaired) electrons. The molecule has 2 N–H and O–H groups in total. The highest BCUT2D eigenvalue weighted by Gasteiger charge is 2.33. The van der Waals surface area contributed by atoms with Gasteiger partial charge in [-0.25, -0.2) is 4.98 Å². The lowest BCUT2D eigenvalue weighted by atomic mass is 9.99. The number of thiazole rings is 1. The summed E-state index contributed by atoms with van der Waals surface area (Å²) < 4.78 is 0. The van der Waals surface area contributed by atoms with Gasteiger partial charge in [0.25, 0.3) is 0 Å².